The largest absolute Gasteiger partial charge is 2.00 e. The fourth-order valence-corrected chi connectivity index (χ4v) is 0.478. The van der Waals surface area contributed by atoms with Gasteiger partial charge in [-0.3, -0.25) is 0 Å². The maximum Gasteiger partial charge on any atom is 2.00 e. The van der Waals surface area contributed by atoms with Crippen LogP contribution in [0.3, 0.4) is 0 Å². The third kappa shape index (κ3) is 2.20. The van der Waals surface area contributed by atoms with Crippen LogP contribution in [0.15, 0.2) is 30.3 Å². The molecule has 0 amide bonds. The first kappa shape index (κ1) is 7.80. The fraction of sp³-hybridized carbons (Fsp3) is 0. The summed E-state index contributed by atoms with van der Waals surface area (Å²) in [5, 5.41) is 0. The minimum atomic E-state index is 0. The molecule has 1 aromatic rings. The number of hydrogen-bond donors (Lipinski definition) is 0. The Morgan fingerprint density at radius 2 is 1.50 bits per heavy atom. The van der Waals surface area contributed by atoms with Crippen molar-refractivity contribution in [3.8, 4) is 0 Å². The zero-order chi connectivity index (χ0) is 5.11. The van der Waals surface area contributed by atoms with Gasteiger partial charge in [-0.25, -0.2) is 0 Å². The fourth-order valence-electron chi connectivity index (χ4n) is 0.478. The second-order valence-electron chi connectivity index (χ2n) is 1.49. The Morgan fingerprint density at radius 3 is 1.75 bits per heavy atom. The Morgan fingerprint density at radius 1 is 1.00 bits per heavy atom. The molecule has 0 bridgehead atoms. The Bertz CT molecular complexity index is 134. The van der Waals surface area contributed by atoms with Gasteiger partial charge < -0.3 is 0 Å². The molecule has 0 heterocycles. The Balaban J connectivity index is 0.000000490. The van der Waals surface area contributed by atoms with Crippen molar-refractivity contribution in [2.45, 2.75) is 0 Å². The van der Waals surface area contributed by atoms with Crippen molar-refractivity contribution in [1.29, 1.82) is 0 Å². The standard InChI is InChI=1S/C7H7.Ti/c1-7-5-3-2-4-6-7;/h2-6H,1H2;/q-1;+2. The molecular formula is C7H7Ti+. The summed E-state index contributed by atoms with van der Waals surface area (Å²) in [4.78, 5) is 0. The van der Waals surface area contributed by atoms with Gasteiger partial charge in [0.1, 0.15) is 0 Å². The predicted octanol–water partition coefficient (Wildman–Crippen LogP) is 1.87. The first-order chi connectivity index (χ1) is 3.39. The maximum absolute atomic E-state index is 3.72. The molecule has 38 valence electrons. The van der Waals surface area contributed by atoms with Crippen LogP contribution in [0.2, 0.25) is 0 Å². The van der Waals surface area contributed by atoms with Crippen LogP contribution in [0, 0.1) is 6.92 Å². The van der Waals surface area contributed by atoms with E-state index in [0.29, 0.717) is 0 Å². The normalized spacial score (nSPS) is 7.50. The maximum atomic E-state index is 3.72. The van der Waals surface area contributed by atoms with Crippen molar-refractivity contribution in [2.75, 3.05) is 0 Å². The first-order valence-corrected chi connectivity index (χ1v) is 2.26. The van der Waals surface area contributed by atoms with Crippen molar-refractivity contribution < 1.29 is 21.7 Å². The van der Waals surface area contributed by atoms with E-state index in [0.717, 1.165) is 5.56 Å². The Labute approximate surface area is 64.8 Å². The van der Waals surface area contributed by atoms with E-state index in [1.54, 1.807) is 0 Å². The van der Waals surface area contributed by atoms with Crippen molar-refractivity contribution >= 4 is 0 Å². The van der Waals surface area contributed by atoms with Gasteiger partial charge >= 0.3 is 21.7 Å². The van der Waals surface area contributed by atoms with Gasteiger partial charge in [-0.15, -0.1) is 12.1 Å². The molecule has 0 aliphatic heterocycles. The van der Waals surface area contributed by atoms with Gasteiger partial charge in [0.15, 0.2) is 0 Å². The molecule has 0 atom stereocenters. The van der Waals surface area contributed by atoms with Gasteiger partial charge in [-0.1, -0.05) is 6.07 Å². The van der Waals surface area contributed by atoms with Gasteiger partial charge in [0.25, 0.3) is 0 Å². The van der Waals surface area contributed by atoms with Crippen LogP contribution in [0.1, 0.15) is 5.56 Å². The second-order valence-corrected chi connectivity index (χ2v) is 1.49. The summed E-state index contributed by atoms with van der Waals surface area (Å²) in [6.07, 6.45) is 0. The van der Waals surface area contributed by atoms with Gasteiger partial charge in [-0.2, -0.15) is 24.6 Å². The zero-order valence-corrected chi connectivity index (χ0v) is 6.16. The summed E-state index contributed by atoms with van der Waals surface area (Å²) in [6, 6.07) is 9.87. The third-order valence-corrected chi connectivity index (χ3v) is 0.843. The number of benzene rings is 1. The molecule has 0 nitrogen and oxygen atoms in total. The van der Waals surface area contributed by atoms with E-state index in [-0.39, 0.29) is 21.7 Å². The molecule has 0 fully saturated rings. The van der Waals surface area contributed by atoms with Crippen molar-refractivity contribution in [2.24, 2.45) is 0 Å². The van der Waals surface area contributed by atoms with Crippen LogP contribution in [0.25, 0.3) is 0 Å². The molecule has 0 aromatic heterocycles. The van der Waals surface area contributed by atoms with E-state index in [4.69, 9.17) is 0 Å². The van der Waals surface area contributed by atoms with Gasteiger partial charge in [0, 0.05) is 0 Å². The molecule has 1 aromatic carbocycles. The summed E-state index contributed by atoms with van der Waals surface area (Å²) >= 11 is 0. The molecule has 0 aliphatic rings. The Kier molecular flexibility index (Phi) is 3.67. The van der Waals surface area contributed by atoms with Crippen molar-refractivity contribution in [3.05, 3.63) is 42.8 Å². The SMILES string of the molecule is [CH2-]c1ccccc1.[Ti+2]. The van der Waals surface area contributed by atoms with Crippen LogP contribution in [-0.2, 0) is 21.7 Å². The van der Waals surface area contributed by atoms with E-state index < -0.39 is 0 Å². The van der Waals surface area contributed by atoms with E-state index in [2.05, 4.69) is 6.92 Å². The minimum absolute atomic E-state index is 0. The zero-order valence-electron chi connectivity index (χ0n) is 4.59. The average molecular weight is 139 g/mol. The summed E-state index contributed by atoms with van der Waals surface area (Å²) in [5.41, 5.74) is 1.07. The molecule has 1 heteroatoms. The minimum Gasteiger partial charge on any atom is -0.199 e. The van der Waals surface area contributed by atoms with Gasteiger partial charge in [-0.05, 0) is 0 Å². The topological polar surface area (TPSA) is 0 Å². The van der Waals surface area contributed by atoms with Crippen LogP contribution in [0.5, 0.6) is 0 Å². The third-order valence-electron chi connectivity index (χ3n) is 0.843. The quantitative estimate of drug-likeness (QED) is 0.380. The molecule has 0 N–H and O–H groups in total. The smallest absolute Gasteiger partial charge is 0.199 e. The van der Waals surface area contributed by atoms with E-state index >= 15 is 0 Å². The van der Waals surface area contributed by atoms with Gasteiger partial charge in [0.05, 0.1) is 0 Å². The monoisotopic (exact) mass is 139 g/mol. The molecule has 0 saturated heterocycles. The molecule has 0 unspecified atom stereocenters. The predicted molar refractivity (Wildman–Crippen MR) is 30.9 cm³/mol. The van der Waals surface area contributed by atoms with E-state index in [9.17, 15) is 0 Å². The molecule has 8 heavy (non-hydrogen) atoms. The summed E-state index contributed by atoms with van der Waals surface area (Å²) in [6.45, 7) is 3.72. The summed E-state index contributed by atoms with van der Waals surface area (Å²) in [5.74, 6) is 0. The van der Waals surface area contributed by atoms with Crippen LogP contribution in [0.4, 0.5) is 0 Å². The number of hydrogen-bond acceptors (Lipinski definition) is 0. The van der Waals surface area contributed by atoms with E-state index in [1.807, 2.05) is 30.3 Å². The molecular weight excluding hydrogens is 132 g/mol. The molecule has 0 spiro atoms. The van der Waals surface area contributed by atoms with Crippen molar-refractivity contribution in [1.82, 2.24) is 0 Å². The number of rotatable bonds is 0. The molecule has 0 radical (unpaired) electrons. The summed E-state index contributed by atoms with van der Waals surface area (Å²) < 4.78 is 0. The van der Waals surface area contributed by atoms with Crippen LogP contribution in [-0.4, -0.2) is 0 Å². The Hall–Kier alpha value is -0.196. The van der Waals surface area contributed by atoms with Crippen LogP contribution >= 0.6 is 0 Å². The summed E-state index contributed by atoms with van der Waals surface area (Å²) in [7, 11) is 0. The second kappa shape index (κ2) is 3.76. The molecule has 0 aliphatic carbocycles. The van der Waals surface area contributed by atoms with E-state index in [1.165, 1.54) is 0 Å². The molecule has 1 rings (SSSR count). The molecule has 0 saturated carbocycles. The van der Waals surface area contributed by atoms with Crippen molar-refractivity contribution in [3.63, 3.8) is 0 Å². The van der Waals surface area contributed by atoms with Crippen LogP contribution < -0.4 is 0 Å². The first-order valence-electron chi connectivity index (χ1n) is 2.26. The van der Waals surface area contributed by atoms with Gasteiger partial charge in [0.2, 0.25) is 0 Å². The average Bonchev–Trinajstić information content (AvgIpc) is 1.69.